The molecule has 1 heterocycles. The highest BCUT2D eigenvalue weighted by atomic mass is 16.1. The number of unbranched alkanes of at least 4 members (excludes halogenated alkanes) is 2. The van der Waals surface area contributed by atoms with Crippen LogP contribution in [0.5, 0.6) is 0 Å². The van der Waals surface area contributed by atoms with E-state index < -0.39 is 5.41 Å². The van der Waals surface area contributed by atoms with Gasteiger partial charge in [-0.1, -0.05) is 128 Å². The van der Waals surface area contributed by atoms with Crippen LogP contribution < -0.4 is 0 Å². The van der Waals surface area contributed by atoms with Gasteiger partial charge in [0.2, 0.25) is 0 Å². The molecule has 44 heavy (non-hydrogen) atoms. The lowest BCUT2D eigenvalue weighted by atomic mass is 9.78. The Kier molecular flexibility index (Phi) is 9.01. The largest absolute Gasteiger partial charge is 0.303 e. The Morgan fingerprint density at radius 1 is 0.750 bits per heavy atom. The van der Waals surface area contributed by atoms with Crippen LogP contribution in [0.15, 0.2) is 109 Å². The van der Waals surface area contributed by atoms with Gasteiger partial charge in [-0.15, -0.1) is 0 Å². The van der Waals surface area contributed by atoms with Crippen molar-refractivity contribution in [2.45, 2.75) is 50.9 Å². The molecule has 1 fully saturated rings. The molecule has 220 valence electrons. The van der Waals surface area contributed by atoms with E-state index in [1.165, 1.54) is 27.8 Å². The van der Waals surface area contributed by atoms with Gasteiger partial charge in [0.15, 0.2) is 5.78 Å². The second kappa shape index (κ2) is 13.4. The van der Waals surface area contributed by atoms with Crippen LogP contribution in [-0.2, 0) is 5.41 Å². The number of carbonyl (C=O) groups excluding carboxylic acids is 1. The van der Waals surface area contributed by atoms with Crippen LogP contribution in [0.4, 0.5) is 0 Å². The Labute approximate surface area is 262 Å². The Hall–Kier alpha value is -4.52. The quantitative estimate of drug-likeness (QED) is 0.130. The molecular weight excluding hydrogens is 536 g/mol. The lowest BCUT2D eigenvalue weighted by Gasteiger charge is -2.30. The number of benzene rings is 4. The number of ketones is 1. The minimum Gasteiger partial charge on any atom is -0.303 e. The Morgan fingerprint density at radius 3 is 2.02 bits per heavy atom. The summed E-state index contributed by atoms with van der Waals surface area (Å²) in [5.41, 5.74) is 9.94. The van der Waals surface area contributed by atoms with Gasteiger partial charge in [0, 0.05) is 24.2 Å². The Morgan fingerprint density at radius 2 is 1.36 bits per heavy atom. The molecule has 0 N–H and O–H groups in total. The third kappa shape index (κ3) is 6.37. The number of hydrogen-bond donors (Lipinski definition) is 0. The standard InChI is InChI=1S/C41H40N2O/c1-41(30-42,36-18-12-17-35(29-36)40(44)34-15-4-2-5-16-34)25-10-3-11-26-43-27-23-33(24-28-43)39-37-19-8-6-13-31(37)21-22-32-14-7-9-20-38(32)39/h2,4-9,12-22,29H,3,10-11,23-28H2,1H3. The lowest BCUT2D eigenvalue weighted by Crippen LogP contribution is -2.32. The first-order valence-corrected chi connectivity index (χ1v) is 16.0. The van der Waals surface area contributed by atoms with Crippen molar-refractivity contribution in [3.8, 4) is 6.07 Å². The maximum absolute atomic E-state index is 13.0. The Balaban J connectivity index is 1.04. The van der Waals surface area contributed by atoms with Gasteiger partial charge in [-0.05, 0) is 78.6 Å². The summed E-state index contributed by atoms with van der Waals surface area (Å²) in [6.45, 7) is 5.29. The number of likely N-dealkylation sites (tertiary alicyclic amines) is 1. The van der Waals surface area contributed by atoms with Gasteiger partial charge in [0.1, 0.15) is 0 Å². The van der Waals surface area contributed by atoms with Gasteiger partial charge < -0.3 is 4.90 Å². The molecule has 0 bridgehead atoms. The summed E-state index contributed by atoms with van der Waals surface area (Å²) in [7, 11) is 0. The molecule has 1 aliphatic carbocycles. The van der Waals surface area contributed by atoms with E-state index in [2.05, 4.69) is 71.7 Å². The fourth-order valence-electron chi connectivity index (χ4n) is 6.76. The summed E-state index contributed by atoms with van der Waals surface area (Å²) in [4.78, 5) is 15.6. The fourth-order valence-corrected chi connectivity index (χ4v) is 6.76. The zero-order valence-corrected chi connectivity index (χ0v) is 25.6. The summed E-state index contributed by atoms with van der Waals surface area (Å²) >= 11 is 0. The number of hydrogen-bond acceptors (Lipinski definition) is 3. The van der Waals surface area contributed by atoms with E-state index in [1.54, 1.807) is 5.57 Å². The van der Waals surface area contributed by atoms with Crippen LogP contribution in [-0.4, -0.2) is 30.3 Å². The monoisotopic (exact) mass is 576 g/mol. The highest BCUT2D eigenvalue weighted by Crippen LogP contribution is 2.39. The molecule has 4 aromatic rings. The minimum absolute atomic E-state index is 0.00259. The fraction of sp³-hybridized carbons (Fsp3) is 0.268. The number of rotatable bonds is 9. The summed E-state index contributed by atoms with van der Waals surface area (Å²) in [5.74, 6) is -0.00259. The van der Waals surface area contributed by atoms with Gasteiger partial charge >= 0.3 is 0 Å². The van der Waals surface area contributed by atoms with Crippen molar-refractivity contribution in [2.24, 2.45) is 0 Å². The van der Waals surface area contributed by atoms with Gasteiger partial charge in [0.05, 0.1) is 11.5 Å². The third-order valence-electron chi connectivity index (χ3n) is 9.41. The number of nitriles is 1. The van der Waals surface area contributed by atoms with Crippen LogP contribution in [0.25, 0.3) is 17.7 Å². The van der Waals surface area contributed by atoms with Gasteiger partial charge in [0.25, 0.3) is 0 Å². The molecule has 1 atom stereocenters. The summed E-state index contributed by atoms with van der Waals surface area (Å²) in [6.07, 6.45) is 10.7. The molecule has 0 radical (unpaired) electrons. The molecule has 0 spiro atoms. The first-order valence-electron chi connectivity index (χ1n) is 16.0. The van der Waals surface area contributed by atoms with Crippen LogP contribution in [0.3, 0.4) is 0 Å². The Bertz CT molecular complexity index is 1680. The van der Waals surface area contributed by atoms with E-state index in [-0.39, 0.29) is 5.78 Å². The molecule has 0 amide bonds. The molecule has 0 saturated carbocycles. The predicted molar refractivity (Wildman–Crippen MR) is 181 cm³/mol. The summed E-state index contributed by atoms with van der Waals surface area (Å²) < 4.78 is 0. The highest BCUT2D eigenvalue weighted by molar-refractivity contribution is 6.09. The molecule has 1 unspecified atom stereocenters. The van der Waals surface area contributed by atoms with Gasteiger partial charge in [-0.2, -0.15) is 5.26 Å². The predicted octanol–water partition coefficient (Wildman–Crippen LogP) is 9.34. The average Bonchev–Trinajstić information content (AvgIpc) is 3.25. The van der Waals surface area contributed by atoms with E-state index in [4.69, 9.17) is 0 Å². The van der Waals surface area contributed by atoms with Gasteiger partial charge in [-0.3, -0.25) is 4.79 Å². The van der Waals surface area contributed by atoms with Crippen molar-refractivity contribution < 1.29 is 4.79 Å². The first kappa shape index (κ1) is 29.5. The van der Waals surface area contributed by atoms with E-state index >= 15 is 0 Å². The van der Waals surface area contributed by atoms with E-state index in [9.17, 15) is 10.1 Å². The zero-order chi connectivity index (χ0) is 30.4. The zero-order valence-electron chi connectivity index (χ0n) is 25.6. The number of nitrogens with zero attached hydrogens (tertiary/aromatic N) is 2. The van der Waals surface area contributed by atoms with Crippen molar-refractivity contribution >= 4 is 23.5 Å². The second-order valence-corrected chi connectivity index (χ2v) is 12.4. The number of piperidine rings is 1. The molecule has 1 aliphatic heterocycles. The van der Waals surface area contributed by atoms with E-state index in [0.29, 0.717) is 11.1 Å². The molecular formula is C41H40N2O. The molecule has 4 aromatic carbocycles. The maximum atomic E-state index is 13.0. The third-order valence-corrected chi connectivity index (χ3v) is 9.41. The molecule has 3 heteroatoms. The first-order chi connectivity index (χ1) is 21.6. The van der Waals surface area contributed by atoms with Crippen molar-refractivity contribution in [3.05, 3.63) is 148 Å². The van der Waals surface area contributed by atoms with Gasteiger partial charge in [-0.25, -0.2) is 0 Å². The SMILES string of the molecule is CC(C#N)(CCCCCN1CCC(=C2c3ccccc3C=Cc3ccccc32)CC1)c1cccc(C(=O)c2ccccc2)c1. The molecule has 1 saturated heterocycles. The number of fused-ring (bicyclic) bond motifs is 2. The second-order valence-electron chi connectivity index (χ2n) is 12.4. The van der Waals surface area contributed by atoms with Crippen LogP contribution >= 0.6 is 0 Å². The smallest absolute Gasteiger partial charge is 0.193 e. The van der Waals surface area contributed by atoms with Crippen molar-refractivity contribution in [2.75, 3.05) is 19.6 Å². The summed E-state index contributed by atoms with van der Waals surface area (Å²) in [5, 5.41) is 10.2. The molecule has 6 rings (SSSR count). The lowest BCUT2D eigenvalue weighted by molar-refractivity contribution is 0.103. The van der Waals surface area contributed by atoms with E-state index in [1.807, 2.05) is 61.5 Å². The summed E-state index contributed by atoms with van der Waals surface area (Å²) in [6, 6.07) is 37.2. The van der Waals surface area contributed by atoms with Crippen molar-refractivity contribution in [1.82, 2.24) is 4.90 Å². The maximum Gasteiger partial charge on any atom is 0.193 e. The topological polar surface area (TPSA) is 44.1 Å². The van der Waals surface area contributed by atoms with E-state index in [0.717, 1.165) is 63.7 Å². The van der Waals surface area contributed by atoms with Crippen molar-refractivity contribution in [3.63, 3.8) is 0 Å². The van der Waals surface area contributed by atoms with Crippen molar-refractivity contribution in [1.29, 1.82) is 5.26 Å². The normalized spacial score (nSPS) is 15.9. The van der Waals surface area contributed by atoms with Crippen LogP contribution in [0.2, 0.25) is 0 Å². The molecule has 3 nitrogen and oxygen atoms in total. The molecule has 0 aromatic heterocycles. The van der Waals surface area contributed by atoms with Crippen LogP contribution in [0.1, 0.15) is 89.2 Å². The van der Waals surface area contributed by atoms with Crippen LogP contribution in [0, 0.1) is 11.3 Å². The number of carbonyl (C=O) groups is 1. The highest BCUT2D eigenvalue weighted by Gasteiger charge is 2.27. The minimum atomic E-state index is -0.612. The molecule has 2 aliphatic rings. The average molecular weight is 577 g/mol.